The Bertz CT molecular complexity index is 540. The van der Waals surface area contributed by atoms with Crippen LogP contribution >= 0.6 is 0 Å². The molecule has 0 aliphatic heterocycles. The summed E-state index contributed by atoms with van der Waals surface area (Å²) in [5.41, 5.74) is 2.39. The van der Waals surface area contributed by atoms with E-state index in [4.69, 9.17) is 0 Å². The van der Waals surface area contributed by atoms with Crippen LogP contribution in [0.4, 0.5) is 17.3 Å². The van der Waals surface area contributed by atoms with Crippen LogP contribution in [0.15, 0.2) is 36.7 Å². The largest absolute Gasteiger partial charge is 0.370 e. The average molecular weight is 270 g/mol. The summed E-state index contributed by atoms with van der Waals surface area (Å²) in [5, 5.41) is 6.67. The fourth-order valence-corrected chi connectivity index (χ4v) is 2.00. The summed E-state index contributed by atoms with van der Waals surface area (Å²) < 4.78 is 0. The van der Waals surface area contributed by atoms with E-state index in [9.17, 15) is 0 Å². The molecule has 0 bridgehead atoms. The molecule has 0 fully saturated rings. The van der Waals surface area contributed by atoms with Crippen LogP contribution in [-0.4, -0.2) is 16.5 Å². The molecule has 0 unspecified atom stereocenters. The smallest absolute Gasteiger partial charge is 0.135 e. The Labute approximate surface area is 120 Å². The van der Waals surface area contributed by atoms with Crippen molar-refractivity contribution < 1.29 is 0 Å². The quantitative estimate of drug-likeness (QED) is 0.747. The number of aryl methyl sites for hydroxylation is 1. The Kier molecular flexibility index (Phi) is 5.35. The molecular weight excluding hydrogens is 248 g/mol. The van der Waals surface area contributed by atoms with E-state index in [0.29, 0.717) is 0 Å². The SMILES string of the molecule is CCCCNc1cc(Nc2ccccc2CC)ncn1. The van der Waals surface area contributed by atoms with E-state index in [1.165, 1.54) is 12.0 Å². The summed E-state index contributed by atoms with van der Waals surface area (Å²) in [5.74, 6) is 1.69. The summed E-state index contributed by atoms with van der Waals surface area (Å²) in [7, 11) is 0. The van der Waals surface area contributed by atoms with Crippen molar-refractivity contribution in [2.45, 2.75) is 33.1 Å². The van der Waals surface area contributed by atoms with E-state index in [0.717, 1.165) is 36.7 Å². The van der Waals surface area contributed by atoms with E-state index in [1.54, 1.807) is 6.33 Å². The van der Waals surface area contributed by atoms with Gasteiger partial charge in [0.05, 0.1) is 0 Å². The fourth-order valence-electron chi connectivity index (χ4n) is 2.00. The second kappa shape index (κ2) is 7.48. The van der Waals surface area contributed by atoms with Crippen LogP contribution in [0.25, 0.3) is 0 Å². The molecule has 20 heavy (non-hydrogen) atoms. The van der Waals surface area contributed by atoms with Gasteiger partial charge in [-0.1, -0.05) is 38.5 Å². The summed E-state index contributed by atoms with van der Waals surface area (Å²) in [4.78, 5) is 8.51. The molecule has 4 nitrogen and oxygen atoms in total. The highest BCUT2D eigenvalue weighted by Crippen LogP contribution is 2.20. The molecule has 0 saturated carbocycles. The highest BCUT2D eigenvalue weighted by Gasteiger charge is 2.02. The number of rotatable bonds is 7. The standard InChI is InChI=1S/C16H22N4/c1-3-5-10-17-15-11-16(19-12-18-15)20-14-9-7-6-8-13(14)4-2/h6-9,11-12H,3-5,10H2,1-2H3,(H2,17,18,19,20). The third kappa shape index (κ3) is 3.95. The first-order valence-corrected chi connectivity index (χ1v) is 7.24. The van der Waals surface area contributed by atoms with E-state index in [1.807, 2.05) is 12.1 Å². The van der Waals surface area contributed by atoms with Gasteiger partial charge in [0.2, 0.25) is 0 Å². The lowest BCUT2D eigenvalue weighted by molar-refractivity contribution is 0.830. The Hall–Kier alpha value is -2.10. The number of anilines is 3. The van der Waals surface area contributed by atoms with E-state index in [-0.39, 0.29) is 0 Å². The zero-order valence-electron chi connectivity index (χ0n) is 12.2. The first kappa shape index (κ1) is 14.3. The minimum atomic E-state index is 0.819. The lowest BCUT2D eigenvalue weighted by atomic mass is 10.1. The molecule has 0 spiro atoms. The fraction of sp³-hybridized carbons (Fsp3) is 0.375. The molecule has 2 aromatic rings. The number of hydrogen-bond donors (Lipinski definition) is 2. The number of aromatic nitrogens is 2. The number of nitrogens with zero attached hydrogens (tertiary/aromatic N) is 2. The van der Waals surface area contributed by atoms with Crippen LogP contribution in [-0.2, 0) is 6.42 Å². The zero-order valence-corrected chi connectivity index (χ0v) is 12.2. The molecule has 0 saturated heterocycles. The molecule has 1 aromatic carbocycles. The second-order valence-corrected chi connectivity index (χ2v) is 4.70. The van der Waals surface area contributed by atoms with Crippen LogP contribution in [0.3, 0.4) is 0 Å². The van der Waals surface area contributed by atoms with Crippen molar-refractivity contribution in [1.29, 1.82) is 0 Å². The Morgan fingerprint density at radius 1 is 1.05 bits per heavy atom. The third-order valence-corrected chi connectivity index (χ3v) is 3.16. The molecule has 0 amide bonds. The molecule has 0 atom stereocenters. The van der Waals surface area contributed by atoms with E-state index < -0.39 is 0 Å². The van der Waals surface area contributed by atoms with Gasteiger partial charge in [0.15, 0.2) is 0 Å². The number of hydrogen-bond acceptors (Lipinski definition) is 4. The first-order chi connectivity index (χ1) is 9.83. The van der Waals surface area contributed by atoms with Gasteiger partial charge in [0.1, 0.15) is 18.0 Å². The summed E-state index contributed by atoms with van der Waals surface area (Å²) in [6, 6.07) is 10.2. The van der Waals surface area contributed by atoms with Crippen LogP contribution in [0.1, 0.15) is 32.3 Å². The zero-order chi connectivity index (χ0) is 14.2. The molecule has 106 valence electrons. The minimum absolute atomic E-state index is 0.819. The van der Waals surface area contributed by atoms with Gasteiger partial charge in [-0.2, -0.15) is 0 Å². The molecular formula is C16H22N4. The van der Waals surface area contributed by atoms with Gasteiger partial charge in [-0.3, -0.25) is 0 Å². The predicted octanol–water partition coefficient (Wildman–Crippen LogP) is 3.99. The average Bonchev–Trinajstić information content (AvgIpc) is 2.48. The molecule has 0 aliphatic carbocycles. The molecule has 0 aliphatic rings. The van der Waals surface area contributed by atoms with Gasteiger partial charge in [-0.05, 0) is 24.5 Å². The molecule has 1 aromatic heterocycles. The van der Waals surface area contributed by atoms with Crippen molar-refractivity contribution in [1.82, 2.24) is 9.97 Å². The molecule has 2 N–H and O–H groups in total. The van der Waals surface area contributed by atoms with Crippen molar-refractivity contribution >= 4 is 17.3 Å². The maximum absolute atomic E-state index is 4.28. The lowest BCUT2D eigenvalue weighted by Gasteiger charge is -2.11. The topological polar surface area (TPSA) is 49.8 Å². The van der Waals surface area contributed by atoms with Crippen molar-refractivity contribution in [3.05, 3.63) is 42.2 Å². The molecule has 4 heteroatoms. The molecule has 2 rings (SSSR count). The predicted molar refractivity (Wildman–Crippen MR) is 84.5 cm³/mol. The van der Waals surface area contributed by atoms with Gasteiger partial charge < -0.3 is 10.6 Å². The van der Waals surface area contributed by atoms with Crippen molar-refractivity contribution in [3.8, 4) is 0 Å². The first-order valence-electron chi connectivity index (χ1n) is 7.24. The van der Waals surface area contributed by atoms with Gasteiger partial charge in [0, 0.05) is 18.3 Å². The summed E-state index contributed by atoms with van der Waals surface area (Å²) in [6.45, 7) is 5.27. The van der Waals surface area contributed by atoms with E-state index in [2.05, 4.69) is 52.6 Å². The highest BCUT2D eigenvalue weighted by atomic mass is 15.1. The Balaban J connectivity index is 2.07. The molecule has 1 heterocycles. The van der Waals surface area contributed by atoms with Gasteiger partial charge >= 0.3 is 0 Å². The summed E-state index contributed by atoms with van der Waals surface area (Å²) >= 11 is 0. The van der Waals surface area contributed by atoms with Crippen molar-refractivity contribution in [2.75, 3.05) is 17.2 Å². The Morgan fingerprint density at radius 3 is 2.65 bits per heavy atom. The van der Waals surface area contributed by atoms with Gasteiger partial charge in [0.25, 0.3) is 0 Å². The highest BCUT2D eigenvalue weighted by molar-refractivity contribution is 5.62. The van der Waals surface area contributed by atoms with Gasteiger partial charge in [-0.25, -0.2) is 9.97 Å². The van der Waals surface area contributed by atoms with Crippen LogP contribution in [0, 0.1) is 0 Å². The van der Waals surface area contributed by atoms with Crippen LogP contribution < -0.4 is 10.6 Å². The number of benzene rings is 1. The van der Waals surface area contributed by atoms with Crippen LogP contribution in [0.5, 0.6) is 0 Å². The normalized spacial score (nSPS) is 10.3. The maximum atomic E-state index is 4.28. The van der Waals surface area contributed by atoms with Gasteiger partial charge in [-0.15, -0.1) is 0 Å². The minimum Gasteiger partial charge on any atom is -0.370 e. The number of unbranched alkanes of at least 4 members (excludes halogenated alkanes) is 1. The van der Waals surface area contributed by atoms with Crippen molar-refractivity contribution in [3.63, 3.8) is 0 Å². The van der Waals surface area contributed by atoms with E-state index >= 15 is 0 Å². The monoisotopic (exact) mass is 270 g/mol. The summed E-state index contributed by atoms with van der Waals surface area (Å²) in [6.07, 6.45) is 4.90. The third-order valence-electron chi connectivity index (χ3n) is 3.16. The van der Waals surface area contributed by atoms with Crippen molar-refractivity contribution in [2.24, 2.45) is 0 Å². The number of para-hydroxylation sites is 1. The Morgan fingerprint density at radius 2 is 1.85 bits per heavy atom. The lowest BCUT2D eigenvalue weighted by Crippen LogP contribution is -2.04. The van der Waals surface area contributed by atoms with Crippen LogP contribution in [0.2, 0.25) is 0 Å². The molecule has 0 radical (unpaired) electrons. The maximum Gasteiger partial charge on any atom is 0.135 e. The second-order valence-electron chi connectivity index (χ2n) is 4.70. The number of nitrogens with one attached hydrogen (secondary N) is 2.